The summed E-state index contributed by atoms with van der Waals surface area (Å²) >= 11 is 0. The van der Waals surface area contributed by atoms with Crippen LogP contribution in [-0.4, -0.2) is 73.3 Å². The number of carboxylic acids is 1. The number of carbonyl (C=O) groups is 2. The van der Waals surface area contributed by atoms with E-state index in [1.54, 1.807) is 0 Å². The number of rotatable bonds is 6. The van der Waals surface area contributed by atoms with Crippen molar-refractivity contribution in [1.82, 2.24) is 14.0 Å². The summed E-state index contributed by atoms with van der Waals surface area (Å²) in [6.45, 7) is 1.37. The van der Waals surface area contributed by atoms with E-state index in [0.717, 1.165) is 6.08 Å². The zero-order valence-electron chi connectivity index (χ0n) is 13.0. The molecule has 0 aromatic rings. The second-order valence-corrected chi connectivity index (χ2v) is 8.34. The van der Waals surface area contributed by atoms with Crippen molar-refractivity contribution in [2.24, 2.45) is 4.91 Å². The first-order valence-corrected chi connectivity index (χ1v) is 7.43. The summed E-state index contributed by atoms with van der Waals surface area (Å²) in [6.07, 6.45) is 0.791. The van der Waals surface area contributed by atoms with Gasteiger partial charge in [0.2, 0.25) is 7.51 Å². The lowest BCUT2D eigenvalue weighted by molar-refractivity contribution is -0.139. The van der Waals surface area contributed by atoms with Gasteiger partial charge in [0.1, 0.15) is 0 Å². The molecule has 0 rings (SSSR count). The quantitative estimate of drug-likeness (QED) is 0.447. The van der Waals surface area contributed by atoms with Crippen LogP contribution in [0, 0.1) is 0 Å². The molecule has 0 aromatic heterocycles. The first kappa shape index (κ1) is 18.8. The fourth-order valence-electron chi connectivity index (χ4n) is 1.70. The van der Waals surface area contributed by atoms with E-state index in [4.69, 9.17) is 9.94 Å². The fourth-order valence-corrected chi connectivity index (χ4v) is 4.47. The molecule has 20 heavy (non-hydrogen) atoms. The molecule has 116 valence electrons. The zero-order valence-corrected chi connectivity index (χ0v) is 13.9. The van der Waals surface area contributed by atoms with Crippen LogP contribution in [0.4, 0.5) is 0 Å². The van der Waals surface area contributed by atoms with Crippen LogP contribution in [0.5, 0.6) is 0 Å². The summed E-state index contributed by atoms with van der Waals surface area (Å²) in [5, 5.41) is 8.59. The summed E-state index contributed by atoms with van der Waals surface area (Å²) in [5.74, 6) is -1.98. The lowest BCUT2D eigenvalue weighted by Crippen LogP contribution is -2.31. The van der Waals surface area contributed by atoms with Crippen molar-refractivity contribution in [2.75, 3.05) is 42.3 Å². The minimum absolute atomic E-state index is 0.0179. The van der Waals surface area contributed by atoms with Crippen LogP contribution in [0.1, 0.15) is 6.92 Å². The van der Waals surface area contributed by atoms with E-state index in [1.807, 2.05) is 56.3 Å². The highest BCUT2D eigenvalue weighted by molar-refractivity contribution is 7.58. The van der Waals surface area contributed by atoms with E-state index < -0.39 is 19.4 Å². The third-order valence-corrected chi connectivity index (χ3v) is 6.03. The third kappa shape index (κ3) is 4.42. The summed E-state index contributed by atoms with van der Waals surface area (Å²) in [6, 6.07) is 0. The van der Waals surface area contributed by atoms with Gasteiger partial charge in [0, 0.05) is 11.6 Å². The largest absolute Gasteiger partial charge is 0.478 e. The molecule has 0 aliphatic heterocycles. The summed E-state index contributed by atoms with van der Waals surface area (Å²) in [5.41, 5.74) is -0.0179. The molecular formula is C11H23N4O4P. The highest BCUT2D eigenvalue weighted by Gasteiger charge is 2.30. The Morgan fingerprint density at radius 3 is 1.75 bits per heavy atom. The molecular weight excluding hydrogens is 283 g/mol. The molecule has 1 N–H and O–H groups in total. The average Bonchev–Trinajstić information content (AvgIpc) is 2.26. The smallest absolute Gasteiger partial charge is 0.361 e. The molecule has 0 fully saturated rings. The predicted molar refractivity (Wildman–Crippen MR) is 77.9 cm³/mol. The first-order chi connectivity index (χ1) is 9.05. The van der Waals surface area contributed by atoms with Gasteiger partial charge in [0.25, 0.3) is 0 Å². The molecule has 9 heteroatoms. The second-order valence-electron chi connectivity index (χ2n) is 4.70. The highest BCUT2D eigenvalue weighted by atomic mass is 31.2. The number of nitrogens with zero attached hydrogens (tertiary/aromatic N) is 4. The molecule has 8 nitrogen and oxygen atoms in total. The summed E-state index contributed by atoms with van der Waals surface area (Å²) < 4.78 is 5.61. The standard InChI is InChI=1S/C11H23N4O4P/c1-9(8-10(16)17)11(18)19-12-20(13(2)3,14(4)5)15(6)7/h8H,1-7H3,(H,16,17)/b9-8+. The van der Waals surface area contributed by atoms with Crippen LogP contribution in [0.3, 0.4) is 0 Å². The molecule has 0 saturated heterocycles. The Balaban J connectivity index is 5.45. The van der Waals surface area contributed by atoms with Crippen molar-refractivity contribution >= 4 is 19.4 Å². The van der Waals surface area contributed by atoms with Crippen LogP contribution in [0.15, 0.2) is 16.6 Å². The Kier molecular flexibility index (Phi) is 7.08. The molecule has 0 aliphatic rings. The monoisotopic (exact) mass is 306 g/mol. The fraction of sp³-hybridized carbons (Fsp3) is 0.636. The van der Waals surface area contributed by atoms with Crippen LogP contribution in [0.2, 0.25) is 0 Å². The molecule has 0 aliphatic carbocycles. The number of carbonyl (C=O) groups excluding carboxylic acids is 1. The SMILES string of the molecule is C/C(=C\C(=O)O)C(=O)ON=P(N(C)C)(N(C)C)N(C)C. The number of hydrogen-bond donors (Lipinski definition) is 1. The van der Waals surface area contributed by atoms with E-state index >= 15 is 0 Å². The van der Waals surface area contributed by atoms with E-state index in [1.165, 1.54) is 6.92 Å². The number of aliphatic carboxylic acids is 1. The second kappa shape index (κ2) is 7.54. The predicted octanol–water partition coefficient (Wildman–Crippen LogP) is 1.11. The maximum Gasteiger partial charge on any atom is 0.361 e. The summed E-state index contributed by atoms with van der Waals surface area (Å²) in [7, 11) is 8.70. The lowest BCUT2D eigenvalue weighted by atomic mass is 10.3. The van der Waals surface area contributed by atoms with Gasteiger partial charge in [0.05, 0.1) is 0 Å². The van der Waals surface area contributed by atoms with Crippen LogP contribution in [0.25, 0.3) is 0 Å². The molecule has 0 heterocycles. The van der Waals surface area contributed by atoms with Crippen molar-refractivity contribution in [1.29, 1.82) is 0 Å². The van der Waals surface area contributed by atoms with E-state index in [2.05, 4.69) is 4.91 Å². The van der Waals surface area contributed by atoms with Gasteiger partial charge in [-0.25, -0.2) is 23.6 Å². The van der Waals surface area contributed by atoms with Gasteiger partial charge in [-0.15, -0.1) is 0 Å². The molecule has 0 amide bonds. The van der Waals surface area contributed by atoms with Crippen molar-refractivity contribution in [3.8, 4) is 0 Å². The Morgan fingerprint density at radius 2 is 1.45 bits per heavy atom. The molecule has 0 unspecified atom stereocenters. The van der Waals surface area contributed by atoms with Crippen molar-refractivity contribution in [2.45, 2.75) is 6.92 Å². The summed E-state index contributed by atoms with van der Waals surface area (Å²) in [4.78, 5) is 31.2. The Bertz CT molecular complexity index is 429. The Labute approximate surface area is 119 Å². The van der Waals surface area contributed by atoms with Gasteiger partial charge in [-0.1, -0.05) is 0 Å². The minimum atomic E-state index is -2.33. The van der Waals surface area contributed by atoms with Crippen molar-refractivity contribution < 1.29 is 19.5 Å². The zero-order chi connectivity index (χ0) is 16.1. The lowest BCUT2D eigenvalue weighted by Gasteiger charge is -2.39. The minimum Gasteiger partial charge on any atom is -0.478 e. The Hall–Kier alpha value is -1.21. The maximum absolute atomic E-state index is 11.7. The molecule has 0 aromatic carbocycles. The van der Waals surface area contributed by atoms with Crippen molar-refractivity contribution in [3.63, 3.8) is 0 Å². The van der Waals surface area contributed by atoms with Gasteiger partial charge < -0.3 is 9.94 Å². The highest BCUT2D eigenvalue weighted by Crippen LogP contribution is 2.54. The van der Waals surface area contributed by atoms with Gasteiger partial charge in [-0.2, -0.15) is 0 Å². The maximum atomic E-state index is 11.7. The Morgan fingerprint density at radius 1 is 1.05 bits per heavy atom. The van der Waals surface area contributed by atoms with Crippen LogP contribution in [-0.2, 0) is 14.4 Å². The van der Waals surface area contributed by atoms with Gasteiger partial charge >= 0.3 is 11.9 Å². The van der Waals surface area contributed by atoms with Gasteiger partial charge in [0.15, 0.2) is 0 Å². The third-order valence-electron chi connectivity index (χ3n) is 2.51. The van der Waals surface area contributed by atoms with E-state index in [0.29, 0.717) is 0 Å². The number of hydrogen-bond acceptors (Lipinski definition) is 4. The van der Waals surface area contributed by atoms with Crippen molar-refractivity contribution in [3.05, 3.63) is 11.6 Å². The van der Waals surface area contributed by atoms with Crippen LogP contribution >= 0.6 is 7.51 Å². The first-order valence-electron chi connectivity index (χ1n) is 5.83. The topological polar surface area (TPSA) is 85.7 Å². The van der Waals surface area contributed by atoms with E-state index in [-0.39, 0.29) is 5.57 Å². The molecule has 0 saturated carbocycles. The van der Waals surface area contributed by atoms with Gasteiger partial charge in [-0.3, -0.25) is 0 Å². The molecule has 0 bridgehead atoms. The van der Waals surface area contributed by atoms with Gasteiger partial charge in [-0.05, 0) is 54.1 Å². The van der Waals surface area contributed by atoms with Crippen LogP contribution < -0.4 is 0 Å². The molecule has 0 radical (unpaired) electrons. The normalized spacial score (nSPS) is 13.0. The molecule has 0 atom stereocenters. The number of carboxylic acid groups (broad SMARTS) is 1. The molecule has 0 spiro atoms. The van der Waals surface area contributed by atoms with E-state index in [9.17, 15) is 9.59 Å². The average molecular weight is 306 g/mol.